The van der Waals surface area contributed by atoms with Crippen LogP contribution in [0.3, 0.4) is 0 Å². The lowest BCUT2D eigenvalue weighted by Crippen LogP contribution is -2.01. The van der Waals surface area contributed by atoms with Crippen LogP contribution in [-0.4, -0.2) is 10.2 Å². The molecule has 0 amide bonds. The van der Waals surface area contributed by atoms with Crippen LogP contribution in [0.4, 0.5) is 5.13 Å². The highest BCUT2D eigenvalue weighted by molar-refractivity contribution is 7.15. The van der Waals surface area contributed by atoms with Crippen LogP contribution in [0.25, 0.3) is 0 Å². The first-order valence-electron chi connectivity index (χ1n) is 5.81. The van der Waals surface area contributed by atoms with Crippen LogP contribution in [0.15, 0.2) is 18.2 Å². The van der Waals surface area contributed by atoms with E-state index in [-0.39, 0.29) is 0 Å². The maximum atomic E-state index is 4.11. The van der Waals surface area contributed by atoms with Gasteiger partial charge in [-0.15, -0.1) is 10.2 Å². The summed E-state index contributed by atoms with van der Waals surface area (Å²) in [6.07, 6.45) is 0.947. The van der Waals surface area contributed by atoms with Gasteiger partial charge in [0.1, 0.15) is 5.01 Å². The monoisotopic (exact) mass is 247 g/mol. The van der Waals surface area contributed by atoms with Gasteiger partial charge < -0.3 is 5.32 Å². The molecule has 0 aliphatic heterocycles. The molecule has 1 heterocycles. The largest absolute Gasteiger partial charge is 0.356 e. The van der Waals surface area contributed by atoms with Crippen LogP contribution in [-0.2, 0) is 13.0 Å². The zero-order valence-electron chi connectivity index (χ0n) is 10.4. The first-order chi connectivity index (χ1) is 8.19. The quantitative estimate of drug-likeness (QED) is 0.900. The van der Waals surface area contributed by atoms with Gasteiger partial charge in [0.25, 0.3) is 0 Å². The molecular formula is C13H17N3S. The third-order valence-electron chi connectivity index (χ3n) is 2.70. The van der Waals surface area contributed by atoms with Crippen molar-refractivity contribution >= 4 is 16.5 Å². The van der Waals surface area contributed by atoms with E-state index in [1.807, 2.05) is 0 Å². The van der Waals surface area contributed by atoms with E-state index in [4.69, 9.17) is 0 Å². The normalized spacial score (nSPS) is 10.5. The second kappa shape index (κ2) is 5.27. The molecule has 0 saturated heterocycles. The van der Waals surface area contributed by atoms with Gasteiger partial charge in [-0.05, 0) is 31.4 Å². The van der Waals surface area contributed by atoms with Crippen molar-refractivity contribution in [3.63, 3.8) is 0 Å². The van der Waals surface area contributed by atoms with E-state index in [0.29, 0.717) is 0 Å². The van der Waals surface area contributed by atoms with Crippen LogP contribution in [0, 0.1) is 13.8 Å². The molecule has 90 valence electrons. The van der Waals surface area contributed by atoms with E-state index in [0.717, 1.165) is 23.1 Å². The van der Waals surface area contributed by atoms with Crippen molar-refractivity contribution in [1.29, 1.82) is 0 Å². The molecule has 0 saturated carbocycles. The molecule has 1 aromatic heterocycles. The van der Waals surface area contributed by atoms with Gasteiger partial charge in [-0.25, -0.2) is 0 Å². The predicted molar refractivity (Wildman–Crippen MR) is 72.5 cm³/mol. The Labute approximate surface area is 106 Å². The van der Waals surface area contributed by atoms with Gasteiger partial charge in [0.05, 0.1) is 0 Å². The molecule has 0 unspecified atom stereocenters. The van der Waals surface area contributed by atoms with E-state index >= 15 is 0 Å². The lowest BCUT2D eigenvalue weighted by atomic mass is 10.1. The SMILES string of the molecule is CCc1nnc(NCc2cc(C)ccc2C)s1. The Balaban J connectivity index is 2.04. The van der Waals surface area contributed by atoms with Gasteiger partial charge >= 0.3 is 0 Å². The molecule has 2 rings (SSSR count). The number of nitrogens with one attached hydrogen (secondary N) is 1. The molecular weight excluding hydrogens is 230 g/mol. The van der Waals surface area contributed by atoms with Crippen molar-refractivity contribution in [2.24, 2.45) is 0 Å². The van der Waals surface area contributed by atoms with Crippen molar-refractivity contribution < 1.29 is 0 Å². The summed E-state index contributed by atoms with van der Waals surface area (Å²) < 4.78 is 0. The molecule has 0 atom stereocenters. The number of nitrogens with zero attached hydrogens (tertiary/aromatic N) is 2. The van der Waals surface area contributed by atoms with E-state index in [1.54, 1.807) is 11.3 Å². The number of rotatable bonds is 4. The molecule has 17 heavy (non-hydrogen) atoms. The second-order valence-electron chi connectivity index (χ2n) is 4.14. The van der Waals surface area contributed by atoms with E-state index < -0.39 is 0 Å². The molecule has 0 bridgehead atoms. The number of anilines is 1. The molecule has 3 nitrogen and oxygen atoms in total. The van der Waals surface area contributed by atoms with E-state index in [2.05, 4.69) is 54.5 Å². The van der Waals surface area contributed by atoms with Crippen molar-refractivity contribution in [2.45, 2.75) is 33.7 Å². The van der Waals surface area contributed by atoms with Crippen LogP contribution in [0.2, 0.25) is 0 Å². The summed E-state index contributed by atoms with van der Waals surface area (Å²) in [5, 5.41) is 13.5. The lowest BCUT2D eigenvalue weighted by molar-refractivity contribution is 0.974. The second-order valence-corrected chi connectivity index (χ2v) is 5.20. The third-order valence-corrected chi connectivity index (χ3v) is 3.73. The maximum Gasteiger partial charge on any atom is 0.205 e. The fraction of sp³-hybridized carbons (Fsp3) is 0.385. The van der Waals surface area contributed by atoms with Gasteiger partial charge in [0.15, 0.2) is 0 Å². The van der Waals surface area contributed by atoms with Crippen LogP contribution < -0.4 is 5.32 Å². The summed E-state index contributed by atoms with van der Waals surface area (Å²) in [6, 6.07) is 6.51. The van der Waals surface area contributed by atoms with Crippen molar-refractivity contribution in [3.8, 4) is 0 Å². The Morgan fingerprint density at radius 3 is 2.76 bits per heavy atom. The fourth-order valence-electron chi connectivity index (χ4n) is 1.63. The van der Waals surface area contributed by atoms with Gasteiger partial charge in [0.2, 0.25) is 5.13 Å². The minimum Gasteiger partial charge on any atom is -0.356 e. The first-order valence-corrected chi connectivity index (χ1v) is 6.63. The molecule has 1 N–H and O–H groups in total. The zero-order valence-corrected chi connectivity index (χ0v) is 11.3. The average Bonchev–Trinajstić information content (AvgIpc) is 2.78. The summed E-state index contributed by atoms with van der Waals surface area (Å²) >= 11 is 1.63. The number of benzene rings is 1. The van der Waals surface area contributed by atoms with Crippen molar-refractivity contribution in [1.82, 2.24) is 10.2 Å². The minimum atomic E-state index is 0.811. The van der Waals surface area contributed by atoms with Gasteiger partial charge in [0, 0.05) is 6.54 Å². The van der Waals surface area contributed by atoms with E-state index in [1.165, 1.54) is 16.7 Å². The van der Waals surface area contributed by atoms with Crippen LogP contribution >= 0.6 is 11.3 Å². The average molecular weight is 247 g/mol. The maximum absolute atomic E-state index is 4.11. The molecule has 2 aromatic rings. The van der Waals surface area contributed by atoms with Crippen molar-refractivity contribution in [3.05, 3.63) is 39.9 Å². The first kappa shape index (κ1) is 12.0. The number of hydrogen-bond donors (Lipinski definition) is 1. The summed E-state index contributed by atoms with van der Waals surface area (Å²) in [7, 11) is 0. The number of aryl methyl sites for hydroxylation is 3. The highest BCUT2D eigenvalue weighted by Gasteiger charge is 2.03. The number of aromatic nitrogens is 2. The summed E-state index contributed by atoms with van der Waals surface area (Å²) in [4.78, 5) is 0. The van der Waals surface area contributed by atoms with Crippen LogP contribution in [0.1, 0.15) is 28.6 Å². The Bertz CT molecular complexity index is 505. The minimum absolute atomic E-state index is 0.811. The zero-order chi connectivity index (χ0) is 12.3. The van der Waals surface area contributed by atoms with Crippen molar-refractivity contribution in [2.75, 3.05) is 5.32 Å². The molecule has 0 aliphatic carbocycles. The molecule has 0 radical (unpaired) electrons. The Kier molecular flexibility index (Phi) is 3.74. The highest BCUT2D eigenvalue weighted by Crippen LogP contribution is 2.18. The predicted octanol–water partition coefficient (Wildman–Crippen LogP) is 3.33. The fourth-order valence-corrected chi connectivity index (χ4v) is 2.30. The summed E-state index contributed by atoms with van der Waals surface area (Å²) in [5.41, 5.74) is 3.92. The topological polar surface area (TPSA) is 37.8 Å². The Hall–Kier alpha value is -1.42. The Morgan fingerprint density at radius 2 is 2.06 bits per heavy atom. The molecule has 1 aromatic carbocycles. The van der Waals surface area contributed by atoms with Crippen LogP contribution in [0.5, 0.6) is 0 Å². The molecule has 0 spiro atoms. The molecule has 0 aliphatic rings. The third kappa shape index (κ3) is 3.03. The lowest BCUT2D eigenvalue weighted by Gasteiger charge is -2.07. The van der Waals surface area contributed by atoms with Gasteiger partial charge in [-0.3, -0.25) is 0 Å². The highest BCUT2D eigenvalue weighted by atomic mass is 32.1. The standard InChI is InChI=1S/C13H17N3S/c1-4-12-15-16-13(17-12)14-8-11-7-9(2)5-6-10(11)3/h5-7H,4,8H2,1-3H3,(H,14,16). The van der Waals surface area contributed by atoms with E-state index in [9.17, 15) is 0 Å². The summed E-state index contributed by atoms with van der Waals surface area (Å²) in [6.45, 7) is 7.15. The Morgan fingerprint density at radius 1 is 1.24 bits per heavy atom. The molecule has 0 fully saturated rings. The van der Waals surface area contributed by atoms with Gasteiger partial charge in [-0.1, -0.05) is 42.0 Å². The summed E-state index contributed by atoms with van der Waals surface area (Å²) in [5.74, 6) is 0. The molecule has 4 heteroatoms. The number of hydrogen-bond acceptors (Lipinski definition) is 4. The smallest absolute Gasteiger partial charge is 0.205 e. The van der Waals surface area contributed by atoms with Gasteiger partial charge in [-0.2, -0.15) is 0 Å².